The van der Waals surface area contributed by atoms with E-state index in [2.05, 4.69) is 4.98 Å². The minimum Gasteiger partial charge on any atom is -0.325 e. The molecule has 192 valence electrons. The van der Waals surface area contributed by atoms with Gasteiger partial charge < -0.3 is 4.57 Å². The summed E-state index contributed by atoms with van der Waals surface area (Å²) < 4.78 is 104. The maximum absolute atomic E-state index is 13.6. The van der Waals surface area contributed by atoms with Crippen LogP contribution in [0.5, 0.6) is 0 Å². The molecule has 1 aromatic heterocycles. The molecule has 0 saturated carbocycles. The number of anilines is 1. The first-order valence-corrected chi connectivity index (χ1v) is 12.3. The Morgan fingerprint density at radius 1 is 1.00 bits per heavy atom. The highest BCUT2D eigenvalue weighted by Crippen LogP contribution is 2.37. The summed E-state index contributed by atoms with van der Waals surface area (Å²) in [4.78, 5) is 17.6. The summed E-state index contributed by atoms with van der Waals surface area (Å²) in [5, 5.41) is -0.383. The van der Waals surface area contributed by atoms with Gasteiger partial charge in [0.25, 0.3) is 0 Å². The van der Waals surface area contributed by atoms with Gasteiger partial charge in [-0.25, -0.2) is 4.98 Å². The van der Waals surface area contributed by atoms with Gasteiger partial charge in [0.15, 0.2) is 5.82 Å². The Labute approximate surface area is 206 Å². The zero-order valence-electron chi connectivity index (χ0n) is 18.0. The van der Waals surface area contributed by atoms with Crippen LogP contribution in [-0.4, -0.2) is 29.3 Å². The van der Waals surface area contributed by atoms with Gasteiger partial charge in [-0.2, -0.15) is 34.8 Å². The molecule has 1 aliphatic heterocycles. The third kappa shape index (κ3) is 4.81. The number of carbonyl (C=O) groups is 1. The number of hydrogen-bond acceptors (Lipinski definition) is 4. The lowest BCUT2D eigenvalue weighted by molar-refractivity contribution is -0.137. The number of aromatic nitrogens is 2. The van der Waals surface area contributed by atoms with E-state index in [9.17, 15) is 39.6 Å². The zero-order valence-corrected chi connectivity index (χ0v) is 19.6. The van der Waals surface area contributed by atoms with Crippen LogP contribution in [0, 0.1) is 0 Å². The van der Waals surface area contributed by atoms with Crippen LogP contribution in [0.3, 0.4) is 0 Å². The van der Waals surface area contributed by atoms with E-state index in [1.165, 1.54) is 27.5 Å². The number of halogens is 7. The number of nitrogens with one attached hydrogen (secondary N) is 1. The maximum Gasteiger partial charge on any atom is 0.516 e. The molecule has 0 aliphatic carbocycles. The second kappa shape index (κ2) is 9.11. The van der Waals surface area contributed by atoms with E-state index in [1.54, 1.807) is 0 Å². The summed E-state index contributed by atoms with van der Waals surface area (Å²) in [6.07, 6.45) is -3.02. The molecule has 14 heteroatoms. The Hall–Kier alpha value is -3.06. The second-order valence-electron chi connectivity index (χ2n) is 7.96. The van der Waals surface area contributed by atoms with Crippen molar-refractivity contribution in [2.45, 2.75) is 37.5 Å². The van der Waals surface area contributed by atoms with Crippen molar-refractivity contribution < 1.29 is 39.6 Å². The van der Waals surface area contributed by atoms with Gasteiger partial charge >= 0.3 is 21.7 Å². The van der Waals surface area contributed by atoms with Gasteiger partial charge in [-0.3, -0.25) is 9.52 Å². The fourth-order valence-electron chi connectivity index (χ4n) is 3.96. The number of imidazole rings is 1. The van der Waals surface area contributed by atoms with Crippen LogP contribution in [0.4, 0.5) is 32.0 Å². The van der Waals surface area contributed by atoms with Gasteiger partial charge in [-0.1, -0.05) is 29.8 Å². The maximum atomic E-state index is 13.6. The molecule has 4 rings (SSSR count). The molecule has 1 aliphatic rings. The van der Waals surface area contributed by atoms with Crippen LogP contribution >= 0.6 is 11.6 Å². The highest BCUT2D eigenvalue weighted by molar-refractivity contribution is 7.93. The van der Waals surface area contributed by atoms with Crippen molar-refractivity contribution in [3.8, 4) is 11.3 Å². The number of ketones is 1. The van der Waals surface area contributed by atoms with Crippen LogP contribution in [-0.2, 0) is 29.2 Å². The number of sulfonamides is 1. The Balaban J connectivity index is 1.76. The van der Waals surface area contributed by atoms with Gasteiger partial charge in [-0.05, 0) is 43.5 Å². The predicted octanol–water partition coefficient (Wildman–Crippen LogP) is 6.05. The van der Waals surface area contributed by atoms with Crippen molar-refractivity contribution in [3.05, 3.63) is 70.1 Å². The van der Waals surface area contributed by atoms with Gasteiger partial charge in [0, 0.05) is 23.5 Å². The van der Waals surface area contributed by atoms with Crippen molar-refractivity contribution >= 4 is 33.1 Å². The zero-order chi connectivity index (χ0) is 26.5. The molecule has 2 heterocycles. The first-order valence-electron chi connectivity index (χ1n) is 10.4. The average Bonchev–Trinajstić information content (AvgIpc) is 3.17. The summed E-state index contributed by atoms with van der Waals surface area (Å²) >= 11 is 6.00. The Morgan fingerprint density at radius 2 is 1.67 bits per heavy atom. The first-order chi connectivity index (χ1) is 16.7. The van der Waals surface area contributed by atoms with Crippen LogP contribution in [0.2, 0.25) is 5.02 Å². The molecule has 3 aromatic rings. The van der Waals surface area contributed by atoms with Crippen LogP contribution in [0.25, 0.3) is 11.3 Å². The molecule has 36 heavy (non-hydrogen) atoms. The average molecular weight is 552 g/mol. The molecular formula is C22H16ClF6N3O3S. The molecule has 0 spiro atoms. The lowest BCUT2D eigenvalue weighted by atomic mass is 10.0. The van der Waals surface area contributed by atoms with E-state index in [4.69, 9.17) is 11.6 Å². The largest absolute Gasteiger partial charge is 0.516 e. The highest BCUT2D eigenvalue weighted by atomic mass is 35.5. The van der Waals surface area contributed by atoms with Crippen molar-refractivity contribution in [3.63, 3.8) is 0 Å². The number of hydrogen-bond donors (Lipinski definition) is 1. The topological polar surface area (TPSA) is 81.1 Å². The summed E-state index contributed by atoms with van der Waals surface area (Å²) in [7, 11) is -5.62. The number of carbonyl (C=O) groups excluding carboxylic acids is 1. The van der Waals surface area contributed by atoms with Crippen LogP contribution in [0.1, 0.15) is 40.3 Å². The van der Waals surface area contributed by atoms with Crippen molar-refractivity contribution in [2.75, 3.05) is 4.72 Å². The minimum atomic E-state index is -5.62. The molecule has 0 radical (unpaired) electrons. The molecule has 0 atom stereocenters. The SMILES string of the molecule is O=C(c1c(Cl)cccc1C(F)(F)F)c1nc(-c2ccc(NS(=O)(=O)C(F)(F)F)cc2)c2n1CCCC2. The minimum absolute atomic E-state index is 0.250. The molecule has 0 unspecified atom stereocenters. The lowest BCUT2D eigenvalue weighted by Crippen LogP contribution is -2.29. The van der Waals surface area contributed by atoms with Gasteiger partial charge in [0.05, 0.1) is 21.8 Å². The summed E-state index contributed by atoms with van der Waals surface area (Å²) in [5.41, 5.74) is -6.63. The number of benzene rings is 2. The van der Waals surface area contributed by atoms with Gasteiger partial charge in [0.1, 0.15) is 0 Å². The van der Waals surface area contributed by atoms with Gasteiger partial charge in [-0.15, -0.1) is 0 Å². The molecule has 0 amide bonds. The summed E-state index contributed by atoms with van der Waals surface area (Å²) in [5.74, 6) is -1.27. The number of fused-ring (bicyclic) bond motifs is 1. The van der Waals surface area contributed by atoms with Crippen molar-refractivity contribution in [2.24, 2.45) is 0 Å². The van der Waals surface area contributed by atoms with E-state index in [0.29, 0.717) is 30.6 Å². The summed E-state index contributed by atoms with van der Waals surface area (Å²) in [6.45, 7) is 0.318. The Morgan fingerprint density at radius 3 is 2.28 bits per heavy atom. The monoisotopic (exact) mass is 551 g/mol. The smallest absolute Gasteiger partial charge is 0.325 e. The van der Waals surface area contributed by atoms with Gasteiger partial charge in [0.2, 0.25) is 5.78 Å². The van der Waals surface area contributed by atoms with E-state index >= 15 is 0 Å². The fraction of sp³-hybridized carbons (Fsp3) is 0.273. The van der Waals surface area contributed by atoms with E-state index in [1.807, 2.05) is 0 Å². The standard InChI is InChI=1S/C22H16ClF6N3O3S/c23-15-5-3-4-14(21(24,25)26)17(15)19(33)20-30-18(16-6-1-2-11-32(16)20)12-7-9-13(10-8-12)31-36(34,35)22(27,28)29/h3-5,7-10,31H,1-2,6,11H2. The Kier molecular flexibility index (Phi) is 6.58. The van der Waals surface area contributed by atoms with Crippen LogP contribution < -0.4 is 4.72 Å². The number of rotatable bonds is 5. The van der Waals surface area contributed by atoms with Crippen molar-refractivity contribution in [1.82, 2.24) is 9.55 Å². The van der Waals surface area contributed by atoms with E-state index in [-0.39, 0.29) is 22.2 Å². The molecule has 0 fully saturated rings. The molecule has 2 aromatic carbocycles. The second-order valence-corrected chi connectivity index (χ2v) is 10.0. The van der Waals surface area contributed by atoms with E-state index in [0.717, 1.165) is 30.7 Å². The highest BCUT2D eigenvalue weighted by Gasteiger charge is 2.46. The molecule has 1 N–H and O–H groups in total. The first kappa shape index (κ1) is 26.0. The molecule has 6 nitrogen and oxygen atoms in total. The molecular weight excluding hydrogens is 536 g/mol. The fourth-order valence-corrected chi connectivity index (χ4v) is 4.78. The summed E-state index contributed by atoms with van der Waals surface area (Å²) in [6, 6.07) is 7.79. The predicted molar refractivity (Wildman–Crippen MR) is 119 cm³/mol. The normalized spacial score (nSPS) is 14.4. The Bertz CT molecular complexity index is 1430. The van der Waals surface area contributed by atoms with Crippen molar-refractivity contribution in [1.29, 1.82) is 0 Å². The third-order valence-corrected chi connectivity index (χ3v) is 7.01. The number of alkyl halides is 6. The lowest BCUT2D eigenvalue weighted by Gasteiger charge is -2.18. The third-order valence-electron chi connectivity index (χ3n) is 5.58. The molecule has 0 saturated heterocycles. The quantitative estimate of drug-likeness (QED) is 0.309. The van der Waals surface area contributed by atoms with E-state index < -0.39 is 38.6 Å². The molecule has 0 bridgehead atoms. The number of nitrogens with zero attached hydrogens (tertiary/aromatic N) is 2. The van der Waals surface area contributed by atoms with Crippen LogP contribution in [0.15, 0.2) is 42.5 Å².